The average Bonchev–Trinajstić information content (AvgIpc) is 3.08. The minimum absolute atomic E-state index is 0.167. The summed E-state index contributed by atoms with van der Waals surface area (Å²) >= 11 is 0. The van der Waals surface area contributed by atoms with Crippen LogP contribution in [0.3, 0.4) is 0 Å². The lowest BCUT2D eigenvalue weighted by atomic mass is 10.0. The first-order valence-electron chi connectivity index (χ1n) is 8.54. The molecule has 1 aliphatic rings. The van der Waals surface area contributed by atoms with Crippen LogP contribution in [0.5, 0.6) is 0 Å². The molecule has 0 saturated carbocycles. The van der Waals surface area contributed by atoms with E-state index >= 15 is 0 Å². The van der Waals surface area contributed by atoms with Crippen LogP contribution in [0, 0.1) is 17.8 Å². The van der Waals surface area contributed by atoms with E-state index in [4.69, 9.17) is 5.73 Å². The summed E-state index contributed by atoms with van der Waals surface area (Å²) in [6.45, 7) is 0. The van der Waals surface area contributed by atoms with Crippen molar-refractivity contribution in [3.63, 3.8) is 0 Å². The van der Waals surface area contributed by atoms with Crippen LogP contribution in [-0.2, 0) is 4.79 Å². The minimum atomic E-state index is -0.547. The van der Waals surface area contributed by atoms with Gasteiger partial charge in [-0.2, -0.15) is 5.10 Å². The number of anilines is 2. The molecule has 132 valence electrons. The van der Waals surface area contributed by atoms with E-state index in [1.54, 1.807) is 12.3 Å². The van der Waals surface area contributed by atoms with Crippen LogP contribution in [0.4, 0.5) is 11.5 Å². The van der Waals surface area contributed by atoms with Gasteiger partial charge in [0.2, 0.25) is 5.91 Å². The summed E-state index contributed by atoms with van der Waals surface area (Å²) in [6, 6.07) is 11.2. The number of pyridine rings is 1. The van der Waals surface area contributed by atoms with Crippen molar-refractivity contribution in [3.8, 4) is 11.8 Å². The molecule has 1 unspecified atom stereocenters. The van der Waals surface area contributed by atoms with Gasteiger partial charge >= 0.3 is 0 Å². The van der Waals surface area contributed by atoms with Crippen LogP contribution >= 0.6 is 0 Å². The van der Waals surface area contributed by atoms with Crippen LogP contribution in [0.15, 0.2) is 60.8 Å². The number of carbonyl (C=O) groups excluding carboxylic acids is 1. The summed E-state index contributed by atoms with van der Waals surface area (Å²) in [5.41, 5.74) is 9.15. The van der Waals surface area contributed by atoms with E-state index in [1.807, 2.05) is 48.6 Å². The van der Waals surface area contributed by atoms with Crippen molar-refractivity contribution < 1.29 is 4.79 Å². The molecular weight excluding hydrogens is 338 g/mol. The monoisotopic (exact) mass is 355 g/mol. The molecule has 0 fully saturated rings. The Balaban J connectivity index is 1.61. The molecule has 27 heavy (non-hydrogen) atoms. The minimum Gasteiger partial charge on any atom is -0.383 e. The fourth-order valence-corrected chi connectivity index (χ4v) is 2.92. The van der Waals surface area contributed by atoms with Gasteiger partial charge in [-0.25, -0.2) is 4.98 Å². The SMILES string of the molecule is Nc1nccc2[nH]nc(C3=CCC#CC(C(=O)Nc4ccccc4)C=C3)c12. The van der Waals surface area contributed by atoms with Gasteiger partial charge in [-0.1, -0.05) is 48.3 Å². The molecule has 2 aromatic heterocycles. The number of aromatic nitrogens is 3. The van der Waals surface area contributed by atoms with Gasteiger partial charge in [0.1, 0.15) is 17.4 Å². The van der Waals surface area contributed by atoms with E-state index in [-0.39, 0.29) is 5.91 Å². The molecule has 4 rings (SSSR count). The molecule has 6 nitrogen and oxygen atoms in total. The van der Waals surface area contributed by atoms with E-state index in [0.717, 1.165) is 22.2 Å². The fourth-order valence-electron chi connectivity index (χ4n) is 2.92. The summed E-state index contributed by atoms with van der Waals surface area (Å²) in [7, 11) is 0. The Morgan fingerprint density at radius 2 is 2.11 bits per heavy atom. The van der Waals surface area contributed by atoms with Gasteiger partial charge in [0, 0.05) is 18.3 Å². The van der Waals surface area contributed by atoms with Crippen LogP contribution in [-0.4, -0.2) is 21.1 Å². The zero-order valence-corrected chi connectivity index (χ0v) is 14.4. The van der Waals surface area contributed by atoms with Crippen molar-refractivity contribution in [2.24, 2.45) is 5.92 Å². The lowest BCUT2D eigenvalue weighted by Gasteiger charge is -2.09. The number of allylic oxidation sites excluding steroid dienone is 3. The van der Waals surface area contributed by atoms with Gasteiger partial charge in [-0.15, -0.1) is 0 Å². The maximum atomic E-state index is 12.6. The Morgan fingerprint density at radius 3 is 2.96 bits per heavy atom. The molecule has 1 amide bonds. The van der Waals surface area contributed by atoms with Crippen LogP contribution < -0.4 is 11.1 Å². The van der Waals surface area contributed by atoms with Gasteiger partial charge in [-0.3, -0.25) is 9.89 Å². The Hall–Kier alpha value is -3.85. The maximum absolute atomic E-state index is 12.6. The third-order valence-corrected chi connectivity index (χ3v) is 4.25. The first-order valence-corrected chi connectivity index (χ1v) is 8.54. The summed E-state index contributed by atoms with van der Waals surface area (Å²) < 4.78 is 0. The van der Waals surface area contributed by atoms with Crippen LogP contribution in [0.1, 0.15) is 12.1 Å². The number of fused-ring (bicyclic) bond motifs is 1. The lowest BCUT2D eigenvalue weighted by molar-refractivity contribution is -0.117. The lowest BCUT2D eigenvalue weighted by Crippen LogP contribution is -2.20. The number of hydrogen-bond acceptors (Lipinski definition) is 4. The second-order valence-corrected chi connectivity index (χ2v) is 6.07. The van der Waals surface area contributed by atoms with Crippen LogP contribution in [0.25, 0.3) is 16.5 Å². The number of hydrogen-bond donors (Lipinski definition) is 3. The van der Waals surface area contributed by atoms with Gasteiger partial charge in [0.25, 0.3) is 0 Å². The third kappa shape index (κ3) is 3.44. The number of nitrogens with zero attached hydrogens (tertiary/aromatic N) is 2. The summed E-state index contributed by atoms with van der Waals surface area (Å²) in [5, 5.41) is 11.0. The second kappa shape index (κ2) is 7.18. The van der Waals surface area contributed by atoms with Crippen molar-refractivity contribution in [1.82, 2.24) is 15.2 Å². The highest BCUT2D eigenvalue weighted by molar-refractivity contribution is 6.00. The number of para-hydroxylation sites is 1. The van der Waals surface area contributed by atoms with Crippen molar-refractivity contribution in [2.75, 3.05) is 11.1 Å². The number of nitrogens with two attached hydrogens (primary N) is 1. The van der Waals surface area contributed by atoms with Crippen LogP contribution in [0.2, 0.25) is 0 Å². The molecule has 0 aliphatic heterocycles. The van der Waals surface area contributed by atoms with E-state index in [1.165, 1.54) is 0 Å². The predicted octanol–water partition coefficient (Wildman–Crippen LogP) is 3.14. The molecule has 4 N–H and O–H groups in total. The first-order chi connectivity index (χ1) is 13.2. The molecule has 1 aliphatic carbocycles. The Kier molecular flexibility index (Phi) is 4.42. The highest BCUT2D eigenvalue weighted by Crippen LogP contribution is 2.28. The molecule has 0 spiro atoms. The van der Waals surface area contributed by atoms with Gasteiger partial charge in [0.05, 0.1) is 10.9 Å². The van der Waals surface area contributed by atoms with Gasteiger partial charge in [-0.05, 0) is 23.8 Å². The zero-order chi connectivity index (χ0) is 18.6. The number of nitrogen functional groups attached to an aromatic ring is 1. The Bertz CT molecular complexity index is 1120. The molecule has 1 atom stereocenters. The molecule has 0 radical (unpaired) electrons. The molecular formula is C21H17N5O. The van der Waals surface area contributed by atoms with E-state index in [2.05, 4.69) is 32.3 Å². The Morgan fingerprint density at radius 1 is 1.26 bits per heavy atom. The topological polar surface area (TPSA) is 96.7 Å². The van der Waals surface area contributed by atoms with Crippen molar-refractivity contribution in [3.05, 3.63) is 66.5 Å². The predicted molar refractivity (Wildman–Crippen MR) is 106 cm³/mol. The van der Waals surface area contributed by atoms with Gasteiger partial charge < -0.3 is 11.1 Å². The van der Waals surface area contributed by atoms with E-state index in [9.17, 15) is 4.79 Å². The van der Waals surface area contributed by atoms with Gasteiger partial charge in [0.15, 0.2) is 0 Å². The summed E-state index contributed by atoms with van der Waals surface area (Å²) in [6.07, 6.45) is 7.77. The van der Waals surface area contributed by atoms with Crippen molar-refractivity contribution >= 4 is 33.9 Å². The fraction of sp³-hybridized carbons (Fsp3) is 0.0952. The number of rotatable bonds is 3. The smallest absolute Gasteiger partial charge is 0.243 e. The average molecular weight is 355 g/mol. The Labute approximate surface area is 156 Å². The summed E-state index contributed by atoms with van der Waals surface area (Å²) in [5.74, 6) is 5.73. The standard InChI is InChI=1S/C21H17N5O/c22-20-18-17(12-13-23-20)25-26-19(18)14-6-4-5-7-15(11-10-14)21(27)24-16-8-2-1-3-9-16/h1-3,6,8-13,15H,4H2,(H2,22,23)(H,24,27)(H,25,26). The van der Waals surface area contributed by atoms with Crippen molar-refractivity contribution in [2.45, 2.75) is 6.42 Å². The highest BCUT2D eigenvalue weighted by atomic mass is 16.1. The first kappa shape index (κ1) is 16.6. The number of nitrogens with one attached hydrogen (secondary N) is 2. The number of aromatic amines is 1. The normalized spacial score (nSPS) is 16.0. The molecule has 2 heterocycles. The van der Waals surface area contributed by atoms with E-state index < -0.39 is 5.92 Å². The van der Waals surface area contributed by atoms with Crippen molar-refractivity contribution in [1.29, 1.82) is 0 Å². The summed E-state index contributed by atoms with van der Waals surface area (Å²) in [4.78, 5) is 16.7. The molecule has 3 aromatic rings. The maximum Gasteiger partial charge on any atom is 0.243 e. The van der Waals surface area contributed by atoms with E-state index in [0.29, 0.717) is 17.9 Å². The molecule has 0 saturated heterocycles. The highest BCUT2D eigenvalue weighted by Gasteiger charge is 2.16. The third-order valence-electron chi connectivity index (χ3n) is 4.25. The zero-order valence-electron chi connectivity index (χ0n) is 14.4. The second-order valence-electron chi connectivity index (χ2n) is 6.07. The largest absolute Gasteiger partial charge is 0.383 e. The molecule has 0 bridgehead atoms. The molecule has 1 aromatic carbocycles. The number of amides is 1. The molecule has 6 heteroatoms. The number of carbonyl (C=O) groups is 1. The quantitative estimate of drug-likeness (QED) is 0.629. The number of benzene rings is 1. The number of H-pyrrole nitrogens is 1.